The lowest BCUT2D eigenvalue weighted by atomic mass is 10.4. The van der Waals surface area contributed by atoms with Gasteiger partial charge in [-0.25, -0.2) is 0 Å². The number of aromatic amines is 1. The maximum Gasteiger partial charge on any atom is 0.265 e. The number of carbonyl (C=O) groups is 1. The fourth-order valence-corrected chi connectivity index (χ4v) is 0.822. The van der Waals surface area contributed by atoms with Crippen molar-refractivity contribution in [1.82, 2.24) is 4.98 Å². The van der Waals surface area contributed by atoms with E-state index < -0.39 is 5.91 Å². The van der Waals surface area contributed by atoms with Crippen LogP contribution in [0, 0.1) is 6.92 Å². The predicted molar refractivity (Wildman–Crippen MR) is 39.1 cm³/mol. The number of hydrogen-bond donors (Lipinski definition) is 2. The van der Waals surface area contributed by atoms with E-state index in [1.807, 2.05) is 0 Å². The highest BCUT2D eigenvalue weighted by molar-refractivity contribution is 6.31. The number of rotatable bonds is 1. The first-order valence-electron chi connectivity index (χ1n) is 2.76. The summed E-state index contributed by atoms with van der Waals surface area (Å²) < 4.78 is 0. The lowest BCUT2D eigenvalue weighted by molar-refractivity contribution is 0.0996. The number of H-pyrrole nitrogens is 1. The Labute approximate surface area is 63.2 Å². The zero-order valence-corrected chi connectivity index (χ0v) is 6.20. The number of nitrogens with two attached hydrogens (primary N) is 1. The Morgan fingerprint density at radius 3 is 2.60 bits per heavy atom. The van der Waals surface area contributed by atoms with Gasteiger partial charge < -0.3 is 10.7 Å². The molecule has 0 saturated carbocycles. The van der Waals surface area contributed by atoms with Crippen LogP contribution in [0.1, 0.15) is 16.2 Å². The van der Waals surface area contributed by atoms with Gasteiger partial charge >= 0.3 is 0 Å². The number of aryl methyl sites for hydroxylation is 1. The minimum Gasteiger partial charge on any atom is -0.364 e. The molecule has 3 N–H and O–H groups in total. The van der Waals surface area contributed by atoms with Crippen LogP contribution in [-0.2, 0) is 0 Å². The maximum atomic E-state index is 10.5. The minimum absolute atomic E-state index is 0.350. The van der Waals surface area contributed by atoms with E-state index in [2.05, 4.69) is 4.98 Å². The van der Waals surface area contributed by atoms with E-state index in [1.54, 1.807) is 6.92 Å². The van der Waals surface area contributed by atoms with Gasteiger partial charge in [0.1, 0.15) is 5.69 Å². The van der Waals surface area contributed by atoms with Crippen LogP contribution in [0.2, 0.25) is 5.02 Å². The average molecular weight is 159 g/mol. The molecule has 0 bridgehead atoms. The summed E-state index contributed by atoms with van der Waals surface area (Å²) in [4.78, 5) is 13.2. The molecule has 3 nitrogen and oxygen atoms in total. The summed E-state index contributed by atoms with van der Waals surface area (Å²) in [7, 11) is 0. The molecule has 54 valence electrons. The monoisotopic (exact) mass is 158 g/mol. The van der Waals surface area contributed by atoms with Gasteiger partial charge in [-0.15, -0.1) is 0 Å². The lowest BCUT2D eigenvalue weighted by Gasteiger charge is -1.84. The number of aromatic nitrogens is 1. The summed E-state index contributed by atoms with van der Waals surface area (Å²) >= 11 is 5.63. The van der Waals surface area contributed by atoms with Gasteiger partial charge in [0, 0.05) is 5.69 Å². The molecule has 0 aliphatic carbocycles. The number of primary amides is 1. The molecule has 0 aliphatic heterocycles. The van der Waals surface area contributed by atoms with Crippen LogP contribution in [0.3, 0.4) is 0 Å². The molecule has 1 amide bonds. The van der Waals surface area contributed by atoms with E-state index in [4.69, 9.17) is 17.3 Å². The quantitative estimate of drug-likeness (QED) is 0.631. The van der Waals surface area contributed by atoms with Crippen molar-refractivity contribution in [3.63, 3.8) is 0 Å². The van der Waals surface area contributed by atoms with Crippen molar-refractivity contribution in [3.8, 4) is 0 Å². The number of amides is 1. The summed E-state index contributed by atoms with van der Waals surface area (Å²) in [6.07, 6.45) is 0. The molecule has 1 aromatic heterocycles. The van der Waals surface area contributed by atoms with E-state index in [0.29, 0.717) is 10.7 Å². The van der Waals surface area contributed by atoms with Gasteiger partial charge in [-0.3, -0.25) is 4.79 Å². The fourth-order valence-electron chi connectivity index (χ4n) is 0.666. The number of hydrogen-bond acceptors (Lipinski definition) is 1. The SMILES string of the molecule is Cc1[nH]c(C(N)=O)cc1Cl. The molecule has 0 saturated heterocycles. The first-order chi connectivity index (χ1) is 4.61. The molecule has 0 unspecified atom stereocenters. The largest absolute Gasteiger partial charge is 0.364 e. The Morgan fingerprint density at radius 1 is 1.80 bits per heavy atom. The van der Waals surface area contributed by atoms with Gasteiger partial charge in [-0.1, -0.05) is 11.6 Å². The summed E-state index contributed by atoms with van der Waals surface area (Å²) in [5.41, 5.74) is 6.08. The van der Waals surface area contributed by atoms with Gasteiger partial charge in [0.2, 0.25) is 0 Å². The Balaban J connectivity index is 3.10. The molecule has 0 atom stereocenters. The lowest BCUT2D eigenvalue weighted by Crippen LogP contribution is -2.10. The van der Waals surface area contributed by atoms with Crippen LogP contribution in [0.25, 0.3) is 0 Å². The first-order valence-corrected chi connectivity index (χ1v) is 3.14. The van der Waals surface area contributed by atoms with Crippen molar-refractivity contribution >= 4 is 17.5 Å². The molecule has 4 heteroatoms. The third kappa shape index (κ3) is 1.14. The maximum absolute atomic E-state index is 10.5. The fraction of sp³-hybridized carbons (Fsp3) is 0.167. The second-order valence-corrected chi connectivity index (χ2v) is 2.43. The molecule has 10 heavy (non-hydrogen) atoms. The summed E-state index contributed by atoms with van der Waals surface area (Å²) in [6, 6.07) is 1.51. The van der Waals surface area contributed by atoms with Crippen LogP contribution in [0.15, 0.2) is 6.07 Å². The molecule has 0 aliphatic rings. The Hall–Kier alpha value is -0.960. The molecular weight excluding hydrogens is 152 g/mol. The standard InChI is InChI=1S/C6H7ClN2O/c1-3-4(7)2-5(9-3)6(8)10/h2,9H,1H3,(H2,8,10). The van der Waals surface area contributed by atoms with Crippen molar-refractivity contribution in [2.75, 3.05) is 0 Å². The van der Waals surface area contributed by atoms with Crippen molar-refractivity contribution in [1.29, 1.82) is 0 Å². The molecular formula is C6H7ClN2O. The highest BCUT2D eigenvalue weighted by Crippen LogP contribution is 2.14. The van der Waals surface area contributed by atoms with Crippen LogP contribution in [0.4, 0.5) is 0 Å². The Bertz CT molecular complexity index is 247. The number of carbonyl (C=O) groups excluding carboxylic acids is 1. The number of nitrogens with one attached hydrogen (secondary N) is 1. The Morgan fingerprint density at radius 2 is 2.40 bits per heavy atom. The molecule has 0 fully saturated rings. The third-order valence-electron chi connectivity index (χ3n) is 1.22. The summed E-state index contributed by atoms with van der Waals surface area (Å²) in [5.74, 6) is -0.491. The van der Waals surface area contributed by atoms with Crippen LogP contribution < -0.4 is 5.73 Å². The molecule has 1 heterocycles. The molecule has 0 radical (unpaired) electrons. The average Bonchev–Trinajstić information content (AvgIpc) is 2.13. The highest BCUT2D eigenvalue weighted by Gasteiger charge is 2.05. The van der Waals surface area contributed by atoms with E-state index in [1.165, 1.54) is 6.07 Å². The van der Waals surface area contributed by atoms with Gasteiger partial charge in [-0.2, -0.15) is 0 Å². The van der Waals surface area contributed by atoms with Crippen molar-refractivity contribution in [3.05, 3.63) is 22.5 Å². The smallest absolute Gasteiger partial charge is 0.265 e. The third-order valence-corrected chi connectivity index (χ3v) is 1.61. The predicted octanol–water partition coefficient (Wildman–Crippen LogP) is 1.08. The molecule has 0 aromatic carbocycles. The van der Waals surface area contributed by atoms with Gasteiger partial charge in [-0.05, 0) is 13.0 Å². The van der Waals surface area contributed by atoms with Crippen LogP contribution >= 0.6 is 11.6 Å². The number of halogens is 1. The Kier molecular flexibility index (Phi) is 1.68. The second kappa shape index (κ2) is 2.34. The minimum atomic E-state index is -0.491. The van der Waals surface area contributed by atoms with E-state index in [-0.39, 0.29) is 0 Å². The zero-order valence-electron chi connectivity index (χ0n) is 5.44. The van der Waals surface area contributed by atoms with Gasteiger partial charge in [0.25, 0.3) is 5.91 Å². The van der Waals surface area contributed by atoms with E-state index in [0.717, 1.165) is 5.69 Å². The van der Waals surface area contributed by atoms with Crippen molar-refractivity contribution in [2.45, 2.75) is 6.92 Å². The van der Waals surface area contributed by atoms with Gasteiger partial charge in [0.15, 0.2) is 0 Å². The highest BCUT2D eigenvalue weighted by atomic mass is 35.5. The topological polar surface area (TPSA) is 58.9 Å². The summed E-state index contributed by atoms with van der Waals surface area (Å²) in [5, 5.41) is 0.536. The molecule has 1 aromatic rings. The van der Waals surface area contributed by atoms with Crippen LogP contribution in [-0.4, -0.2) is 10.9 Å². The van der Waals surface area contributed by atoms with Gasteiger partial charge in [0.05, 0.1) is 5.02 Å². The van der Waals surface area contributed by atoms with E-state index >= 15 is 0 Å². The summed E-state index contributed by atoms with van der Waals surface area (Å²) in [6.45, 7) is 1.77. The second-order valence-electron chi connectivity index (χ2n) is 2.02. The normalized spacial score (nSPS) is 9.80. The first kappa shape index (κ1) is 7.15. The molecule has 0 spiro atoms. The zero-order chi connectivity index (χ0) is 7.72. The van der Waals surface area contributed by atoms with Crippen LogP contribution in [0.5, 0.6) is 0 Å². The molecule has 1 rings (SSSR count). The van der Waals surface area contributed by atoms with Crippen molar-refractivity contribution in [2.24, 2.45) is 5.73 Å². The van der Waals surface area contributed by atoms with E-state index in [9.17, 15) is 4.79 Å². The van der Waals surface area contributed by atoms with Crippen molar-refractivity contribution < 1.29 is 4.79 Å².